The first-order valence-electron chi connectivity index (χ1n) is 4.60. The van der Waals surface area contributed by atoms with E-state index in [1.165, 1.54) is 17.4 Å². The van der Waals surface area contributed by atoms with Crippen molar-refractivity contribution in [1.82, 2.24) is 0 Å². The highest BCUT2D eigenvalue weighted by atomic mass is 79.9. The standard InChI is InChI=1S/C10H6BrF2NO2S2/c11-8-3-6(12)4-9(13)10(8)18(15,16)14-7-1-2-17-5-7/h1-5,14H. The fraction of sp³-hybridized carbons (Fsp3) is 0. The summed E-state index contributed by atoms with van der Waals surface area (Å²) in [6.45, 7) is 0. The molecule has 3 nitrogen and oxygen atoms in total. The van der Waals surface area contributed by atoms with Crippen molar-refractivity contribution in [2.45, 2.75) is 4.90 Å². The van der Waals surface area contributed by atoms with Crippen molar-refractivity contribution in [2.75, 3.05) is 4.72 Å². The average Bonchev–Trinajstić information content (AvgIpc) is 2.66. The maximum Gasteiger partial charge on any atom is 0.265 e. The van der Waals surface area contributed by atoms with Crippen LogP contribution in [0.2, 0.25) is 0 Å². The molecule has 0 radical (unpaired) electrons. The topological polar surface area (TPSA) is 46.2 Å². The van der Waals surface area contributed by atoms with Gasteiger partial charge in [-0.15, -0.1) is 0 Å². The fourth-order valence-electron chi connectivity index (χ4n) is 1.31. The van der Waals surface area contributed by atoms with Crippen LogP contribution >= 0.6 is 27.3 Å². The van der Waals surface area contributed by atoms with E-state index >= 15 is 0 Å². The minimum Gasteiger partial charge on any atom is -0.279 e. The zero-order chi connectivity index (χ0) is 13.3. The highest BCUT2D eigenvalue weighted by molar-refractivity contribution is 9.10. The molecular formula is C10H6BrF2NO2S2. The number of sulfonamides is 1. The predicted molar refractivity (Wildman–Crippen MR) is 69.2 cm³/mol. The number of nitrogens with one attached hydrogen (secondary N) is 1. The van der Waals surface area contributed by atoms with Crippen molar-refractivity contribution in [2.24, 2.45) is 0 Å². The van der Waals surface area contributed by atoms with Crippen molar-refractivity contribution in [3.8, 4) is 0 Å². The summed E-state index contributed by atoms with van der Waals surface area (Å²) in [4.78, 5) is -0.616. The Morgan fingerprint density at radius 3 is 2.56 bits per heavy atom. The van der Waals surface area contributed by atoms with Gasteiger partial charge >= 0.3 is 0 Å². The minimum atomic E-state index is -4.09. The molecule has 0 unspecified atom stereocenters. The quantitative estimate of drug-likeness (QED) is 0.916. The Morgan fingerprint density at radius 2 is 2.00 bits per heavy atom. The van der Waals surface area contributed by atoms with Gasteiger partial charge in [-0.05, 0) is 33.4 Å². The van der Waals surface area contributed by atoms with Crippen LogP contribution < -0.4 is 4.72 Å². The number of hydrogen-bond acceptors (Lipinski definition) is 3. The molecule has 0 saturated heterocycles. The van der Waals surface area contributed by atoms with Gasteiger partial charge in [-0.1, -0.05) is 0 Å². The first-order valence-corrected chi connectivity index (χ1v) is 7.81. The van der Waals surface area contributed by atoms with Gasteiger partial charge in [0, 0.05) is 15.9 Å². The normalized spacial score (nSPS) is 11.5. The highest BCUT2D eigenvalue weighted by Crippen LogP contribution is 2.28. The van der Waals surface area contributed by atoms with E-state index < -0.39 is 26.6 Å². The minimum absolute atomic E-state index is 0.164. The summed E-state index contributed by atoms with van der Waals surface area (Å²) in [5.41, 5.74) is 0.329. The zero-order valence-corrected chi connectivity index (χ0v) is 11.9. The van der Waals surface area contributed by atoms with E-state index in [0.717, 1.165) is 6.07 Å². The fourth-order valence-corrected chi connectivity index (χ4v) is 4.19. The Bertz CT molecular complexity index is 648. The first kappa shape index (κ1) is 13.4. The molecule has 96 valence electrons. The van der Waals surface area contributed by atoms with Crippen LogP contribution in [0.3, 0.4) is 0 Å². The molecule has 0 aliphatic rings. The number of halogens is 3. The summed E-state index contributed by atoms with van der Waals surface area (Å²) in [6.07, 6.45) is 0. The van der Waals surface area contributed by atoms with Gasteiger partial charge in [0.1, 0.15) is 16.5 Å². The van der Waals surface area contributed by atoms with E-state index in [4.69, 9.17) is 0 Å². The van der Waals surface area contributed by atoms with Gasteiger partial charge in [-0.2, -0.15) is 11.3 Å². The molecule has 0 atom stereocenters. The van der Waals surface area contributed by atoms with Gasteiger partial charge in [0.25, 0.3) is 10.0 Å². The molecule has 0 bridgehead atoms. The smallest absolute Gasteiger partial charge is 0.265 e. The lowest BCUT2D eigenvalue weighted by Crippen LogP contribution is -2.15. The molecule has 8 heteroatoms. The van der Waals surface area contributed by atoms with Gasteiger partial charge in [-0.25, -0.2) is 17.2 Å². The molecule has 0 amide bonds. The van der Waals surface area contributed by atoms with Gasteiger partial charge in [0.05, 0.1) is 5.69 Å². The Hall–Kier alpha value is -0.990. The van der Waals surface area contributed by atoms with Crippen LogP contribution in [0.4, 0.5) is 14.5 Å². The lowest BCUT2D eigenvalue weighted by molar-refractivity contribution is 0.548. The highest BCUT2D eigenvalue weighted by Gasteiger charge is 2.23. The molecule has 1 aromatic carbocycles. The van der Waals surface area contributed by atoms with Crippen LogP contribution in [0.25, 0.3) is 0 Å². The summed E-state index contributed by atoms with van der Waals surface area (Å²) < 4.78 is 52.4. The summed E-state index contributed by atoms with van der Waals surface area (Å²) in [6, 6.07) is 2.95. The van der Waals surface area contributed by atoms with Crippen molar-refractivity contribution >= 4 is 43.0 Å². The van der Waals surface area contributed by atoms with E-state index in [0.29, 0.717) is 11.8 Å². The summed E-state index contributed by atoms with van der Waals surface area (Å²) >= 11 is 4.14. The second-order valence-corrected chi connectivity index (χ2v) is 6.57. The number of thiophene rings is 1. The Labute approximate surface area is 115 Å². The second-order valence-electron chi connectivity index (χ2n) is 3.32. The molecule has 18 heavy (non-hydrogen) atoms. The third-order valence-corrected chi connectivity index (χ3v) is 5.03. The lowest BCUT2D eigenvalue weighted by atomic mass is 10.3. The van der Waals surface area contributed by atoms with Gasteiger partial charge in [-0.3, -0.25) is 4.72 Å². The third-order valence-electron chi connectivity index (χ3n) is 2.01. The number of hydrogen-bond donors (Lipinski definition) is 1. The molecular weight excluding hydrogens is 348 g/mol. The Balaban J connectivity index is 2.48. The second kappa shape index (κ2) is 4.94. The van der Waals surface area contributed by atoms with Crippen LogP contribution in [0.1, 0.15) is 0 Å². The molecule has 2 rings (SSSR count). The van der Waals surface area contributed by atoms with E-state index in [2.05, 4.69) is 20.7 Å². The summed E-state index contributed by atoms with van der Waals surface area (Å²) in [7, 11) is -4.09. The van der Waals surface area contributed by atoms with Crippen LogP contribution in [0, 0.1) is 11.6 Å². The van der Waals surface area contributed by atoms with Crippen LogP contribution in [0.5, 0.6) is 0 Å². The Kier molecular flexibility index (Phi) is 3.69. The average molecular weight is 354 g/mol. The third kappa shape index (κ3) is 2.70. The van der Waals surface area contributed by atoms with Crippen molar-refractivity contribution < 1.29 is 17.2 Å². The molecule has 2 aromatic rings. The van der Waals surface area contributed by atoms with Crippen LogP contribution in [-0.2, 0) is 10.0 Å². The van der Waals surface area contributed by atoms with E-state index in [-0.39, 0.29) is 4.47 Å². The van der Waals surface area contributed by atoms with E-state index in [1.54, 1.807) is 10.8 Å². The predicted octanol–water partition coefficient (Wildman–Crippen LogP) is 3.59. The number of benzene rings is 1. The largest absolute Gasteiger partial charge is 0.279 e. The molecule has 0 saturated carbocycles. The summed E-state index contributed by atoms with van der Waals surface area (Å²) in [5.74, 6) is -2.00. The van der Waals surface area contributed by atoms with Gasteiger partial charge in [0.2, 0.25) is 0 Å². The summed E-state index contributed by atoms with van der Waals surface area (Å²) in [5, 5.41) is 3.24. The Morgan fingerprint density at radius 1 is 1.28 bits per heavy atom. The molecule has 0 spiro atoms. The van der Waals surface area contributed by atoms with E-state index in [9.17, 15) is 17.2 Å². The van der Waals surface area contributed by atoms with E-state index in [1.807, 2.05) is 0 Å². The van der Waals surface area contributed by atoms with Crippen molar-refractivity contribution in [3.63, 3.8) is 0 Å². The number of anilines is 1. The molecule has 0 aliphatic heterocycles. The molecule has 0 fully saturated rings. The first-order chi connectivity index (χ1) is 8.40. The molecule has 0 aliphatic carbocycles. The lowest BCUT2D eigenvalue weighted by Gasteiger charge is -2.09. The van der Waals surface area contributed by atoms with Crippen molar-refractivity contribution in [1.29, 1.82) is 0 Å². The van der Waals surface area contributed by atoms with Crippen LogP contribution in [0.15, 0.2) is 38.3 Å². The van der Waals surface area contributed by atoms with Gasteiger partial charge in [0.15, 0.2) is 0 Å². The maximum absolute atomic E-state index is 13.5. The molecule has 1 heterocycles. The molecule has 1 N–H and O–H groups in total. The van der Waals surface area contributed by atoms with Gasteiger partial charge < -0.3 is 0 Å². The van der Waals surface area contributed by atoms with Crippen LogP contribution in [-0.4, -0.2) is 8.42 Å². The van der Waals surface area contributed by atoms with Crippen molar-refractivity contribution in [3.05, 3.63) is 45.1 Å². The molecule has 1 aromatic heterocycles. The zero-order valence-electron chi connectivity index (χ0n) is 8.65. The monoisotopic (exact) mass is 353 g/mol. The SMILES string of the molecule is O=S(=O)(Nc1ccsc1)c1c(F)cc(F)cc1Br. The maximum atomic E-state index is 13.5. The number of rotatable bonds is 3.